The molecule has 2 N–H and O–H groups in total. The highest BCUT2D eigenvalue weighted by molar-refractivity contribution is 7.15. The van der Waals surface area contributed by atoms with Crippen LogP contribution in [0.3, 0.4) is 0 Å². The number of benzene rings is 1. The minimum atomic E-state index is 0.0269. The van der Waals surface area contributed by atoms with Gasteiger partial charge in [0.25, 0.3) is 0 Å². The van der Waals surface area contributed by atoms with Crippen LogP contribution in [0.4, 0.5) is 5.13 Å². The third-order valence-corrected chi connectivity index (χ3v) is 9.22. The fraction of sp³-hybridized carbons (Fsp3) is 0.577. The molecule has 176 valence electrons. The second-order valence-electron chi connectivity index (χ2n) is 10.2. The van der Waals surface area contributed by atoms with E-state index in [1.807, 2.05) is 19.1 Å². The number of aromatic hydroxyl groups is 1. The Morgan fingerprint density at radius 1 is 1.39 bits per heavy atom. The minimum absolute atomic E-state index is 0.0269. The van der Waals surface area contributed by atoms with E-state index in [4.69, 9.17) is 4.84 Å². The number of rotatable bonds is 5. The molecular weight excluding hydrogens is 434 g/mol. The Morgan fingerprint density at radius 2 is 2.24 bits per heavy atom. The third kappa shape index (κ3) is 4.05. The van der Waals surface area contributed by atoms with Crippen molar-refractivity contribution in [2.24, 2.45) is 28.3 Å². The molecule has 2 fully saturated rings. The van der Waals surface area contributed by atoms with Crippen LogP contribution in [0.1, 0.15) is 67.4 Å². The normalized spacial score (nSPS) is 31.5. The molecular formula is C26H33N3O3S. The van der Waals surface area contributed by atoms with Crippen molar-refractivity contribution in [1.82, 2.24) is 4.98 Å². The van der Waals surface area contributed by atoms with E-state index < -0.39 is 0 Å². The van der Waals surface area contributed by atoms with Crippen LogP contribution in [-0.4, -0.2) is 28.8 Å². The van der Waals surface area contributed by atoms with Crippen LogP contribution in [0.5, 0.6) is 5.75 Å². The average molecular weight is 468 g/mol. The van der Waals surface area contributed by atoms with Gasteiger partial charge >= 0.3 is 0 Å². The van der Waals surface area contributed by atoms with Crippen molar-refractivity contribution in [3.05, 3.63) is 40.4 Å². The van der Waals surface area contributed by atoms with Crippen LogP contribution in [0, 0.1) is 30.1 Å². The maximum absolute atomic E-state index is 12.7. The number of thiazole rings is 1. The zero-order valence-corrected chi connectivity index (χ0v) is 20.5. The minimum Gasteiger partial charge on any atom is -0.508 e. The number of carbonyl (C=O) groups is 1. The van der Waals surface area contributed by atoms with Crippen molar-refractivity contribution >= 4 is 28.1 Å². The lowest BCUT2D eigenvalue weighted by Gasteiger charge is -2.50. The molecule has 1 aromatic heterocycles. The highest BCUT2D eigenvalue weighted by Gasteiger charge is 2.57. The SMILES string of the molecule is CO/N=C1\CC(CCC(=O)Nc2ncc(C)s2)C2C3CCc4cc(O)ccc4C3CC[C@]12C. The molecule has 5 rings (SSSR count). The summed E-state index contributed by atoms with van der Waals surface area (Å²) < 4.78 is 0. The van der Waals surface area contributed by atoms with Gasteiger partial charge in [0.1, 0.15) is 12.9 Å². The van der Waals surface area contributed by atoms with Gasteiger partial charge < -0.3 is 15.3 Å². The van der Waals surface area contributed by atoms with Crippen LogP contribution in [0.2, 0.25) is 0 Å². The number of hydrogen-bond donors (Lipinski definition) is 2. The Bertz CT molecular complexity index is 1080. The van der Waals surface area contributed by atoms with Crippen molar-refractivity contribution in [1.29, 1.82) is 0 Å². The molecule has 4 unspecified atom stereocenters. The monoisotopic (exact) mass is 467 g/mol. The smallest absolute Gasteiger partial charge is 0.226 e. The summed E-state index contributed by atoms with van der Waals surface area (Å²) in [5.74, 6) is 2.40. The summed E-state index contributed by atoms with van der Waals surface area (Å²) in [6.07, 6.45) is 8.40. The van der Waals surface area contributed by atoms with Gasteiger partial charge in [-0.3, -0.25) is 4.79 Å². The summed E-state index contributed by atoms with van der Waals surface area (Å²) in [7, 11) is 1.64. The molecule has 2 aromatic rings. The van der Waals surface area contributed by atoms with Gasteiger partial charge in [-0.2, -0.15) is 0 Å². The van der Waals surface area contributed by atoms with E-state index in [-0.39, 0.29) is 11.3 Å². The quantitative estimate of drug-likeness (QED) is 0.556. The van der Waals surface area contributed by atoms with Crippen molar-refractivity contribution in [2.75, 3.05) is 12.4 Å². The third-order valence-electron chi connectivity index (χ3n) is 8.40. The van der Waals surface area contributed by atoms with E-state index in [0.717, 1.165) is 43.4 Å². The fourth-order valence-corrected chi connectivity index (χ4v) is 7.76. The summed E-state index contributed by atoms with van der Waals surface area (Å²) in [6.45, 7) is 4.36. The van der Waals surface area contributed by atoms with Gasteiger partial charge in [-0.15, -0.1) is 11.3 Å². The van der Waals surface area contributed by atoms with E-state index >= 15 is 0 Å². The molecule has 2 saturated carbocycles. The Balaban J connectivity index is 1.37. The molecule has 3 aliphatic rings. The number of nitrogens with one attached hydrogen (secondary N) is 1. The van der Waals surface area contributed by atoms with E-state index in [1.54, 1.807) is 13.3 Å². The summed E-state index contributed by atoms with van der Waals surface area (Å²) in [5, 5.41) is 18.1. The lowest BCUT2D eigenvalue weighted by molar-refractivity contribution is -0.116. The topological polar surface area (TPSA) is 83.8 Å². The fourth-order valence-electron chi connectivity index (χ4n) is 7.08. The molecule has 1 amide bonds. The highest BCUT2D eigenvalue weighted by Crippen LogP contribution is 2.62. The van der Waals surface area contributed by atoms with Crippen LogP contribution < -0.4 is 5.32 Å². The number of phenols is 1. The van der Waals surface area contributed by atoms with Gasteiger partial charge in [0.2, 0.25) is 5.91 Å². The summed E-state index contributed by atoms with van der Waals surface area (Å²) in [5.41, 5.74) is 3.92. The van der Waals surface area contributed by atoms with Crippen molar-refractivity contribution in [2.45, 2.75) is 64.7 Å². The summed E-state index contributed by atoms with van der Waals surface area (Å²) in [4.78, 5) is 23.3. The Hall–Kier alpha value is -2.41. The first kappa shape index (κ1) is 22.4. The van der Waals surface area contributed by atoms with E-state index in [0.29, 0.717) is 41.0 Å². The molecule has 0 bridgehead atoms. The summed E-state index contributed by atoms with van der Waals surface area (Å²) >= 11 is 1.51. The van der Waals surface area contributed by atoms with E-state index in [2.05, 4.69) is 28.4 Å². The number of anilines is 1. The van der Waals surface area contributed by atoms with Gasteiger partial charge in [-0.1, -0.05) is 18.1 Å². The summed E-state index contributed by atoms with van der Waals surface area (Å²) in [6, 6.07) is 5.93. The van der Waals surface area contributed by atoms with Crippen LogP contribution in [0.25, 0.3) is 0 Å². The first-order chi connectivity index (χ1) is 15.9. The molecule has 7 heteroatoms. The number of aromatic nitrogens is 1. The number of fused-ring (bicyclic) bond motifs is 5. The number of oxime groups is 1. The van der Waals surface area contributed by atoms with Gasteiger partial charge in [0.05, 0.1) is 5.71 Å². The highest BCUT2D eigenvalue weighted by atomic mass is 32.1. The number of amides is 1. The number of nitrogens with zero attached hydrogens (tertiary/aromatic N) is 2. The Kier molecular flexibility index (Phi) is 5.93. The zero-order valence-electron chi connectivity index (χ0n) is 19.6. The van der Waals surface area contributed by atoms with Crippen molar-refractivity contribution in [3.8, 4) is 5.75 Å². The number of phenolic OH excluding ortho intramolecular Hbond substituents is 1. The predicted octanol–water partition coefficient (Wildman–Crippen LogP) is 5.66. The molecule has 0 radical (unpaired) electrons. The maximum Gasteiger partial charge on any atom is 0.226 e. The molecule has 5 atom stereocenters. The number of aryl methyl sites for hydroxylation is 2. The number of hydrogen-bond acceptors (Lipinski definition) is 6. The Labute approximate surface area is 199 Å². The molecule has 1 heterocycles. The lowest BCUT2D eigenvalue weighted by atomic mass is 9.54. The molecule has 0 aliphatic heterocycles. The zero-order chi connectivity index (χ0) is 23.2. The average Bonchev–Trinajstić information content (AvgIpc) is 3.32. The molecule has 0 saturated heterocycles. The van der Waals surface area contributed by atoms with Gasteiger partial charge in [0.15, 0.2) is 5.13 Å². The van der Waals surface area contributed by atoms with Gasteiger partial charge in [0, 0.05) is 22.9 Å². The second kappa shape index (κ2) is 8.75. The van der Waals surface area contributed by atoms with Crippen molar-refractivity contribution < 1.29 is 14.7 Å². The molecule has 0 spiro atoms. The maximum atomic E-state index is 12.7. The largest absolute Gasteiger partial charge is 0.508 e. The first-order valence-electron chi connectivity index (χ1n) is 12.0. The second-order valence-corrected chi connectivity index (χ2v) is 11.5. The molecule has 1 aromatic carbocycles. The molecule has 3 aliphatic carbocycles. The first-order valence-corrected chi connectivity index (χ1v) is 12.8. The Morgan fingerprint density at radius 3 is 3.00 bits per heavy atom. The van der Waals surface area contributed by atoms with Gasteiger partial charge in [-0.05, 0) is 92.4 Å². The predicted molar refractivity (Wildman–Crippen MR) is 131 cm³/mol. The van der Waals surface area contributed by atoms with Crippen LogP contribution >= 0.6 is 11.3 Å². The van der Waals surface area contributed by atoms with E-state index in [1.165, 1.54) is 28.2 Å². The lowest BCUT2D eigenvalue weighted by Crippen LogP contribution is -2.44. The van der Waals surface area contributed by atoms with Gasteiger partial charge in [-0.25, -0.2) is 4.98 Å². The molecule has 33 heavy (non-hydrogen) atoms. The van der Waals surface area contributed by atoms with Crippen molar-refractivity contribution in [3.63, 3.8) is 0 Å². The molecule has 6 nitrogen and oxygen atoms in total. The van der Waals surface area contributed by atoms with E-state index in [9.17, 15) is 9.90 Å². The van der Waals surface area contributed by atoms with Crippen LogP contribution in [-0.2, 0) is 16.1 Å². The van der Waals surface area contributed by atoms with Crippen LogP contribution in [0.15, 0.2) is 29.6 Å². The number of carbonyl (C=O) groups excluding carboxylic acids is 1. The standard InChI is InChI=1S/C26H33N3O3S/c1-15-14-27-25(33-15)28-23(31)9-5-17-13-22(29-32-3)26(2)11-10-20-19-8-6-18(30)12-16(19)4-7-21(20)24(17)26/h6,8,12,14,17,20-21,24,30H,4-5,7,9-11,13H2,1-3H3,(H,27,28,31)/b29-22+/t17?,20?,21?,24?,26-/m1/s1.